The van der Waals surface area contributed by atoms with E-state index in [0.29, 0.717) is 0 Å². The van der Waals surface area contributed by atoms with Crippen molar-refractivity contribution in [3.63, 3.8) is 0 Å². The van der Waals surface area contributed by atoms with Gasteiger partial charge >= 0.3 is 0 Å². The van der Waals surface area contributed by atoms with E-state index >= 15 is 0 Å². The van der Waals surface area contributed by atoms with Gasteiger partial charge in [0.05, 0.1) is 0 Å². The highest BCUT2D eigenvalue weighted by atomic mass is 32.1. The molecule has 0 bridgehead atoms. The average molecular weight is 237 g/mol. The van der Waals surface area contributed by atoms with Crippen molar-refractivity contribution in [1.82, 2.24) is 5.32 Å². The molecule has 90 valence electrons. The summed E-state index contributed by atoms with van der Waals surface area (Å²) in [5, 5.41) is 8.10. The Balaban J connectivity index is 1.78. The highest BCUT2D eigenvalue weighted by molar-refractivity contribution is 7.07. The molecular weight excluding hydrogens is 214 g/mol. The van der Waals surface area contributed by atoms with Crippen LogP contribution in [-0.2, 0) is 6.42 Å². The molecule has 0 saturated heterocycles. The van der Waals surface area contributed by atoms with E-state index in [1.165, 1.54) is 31.2 Å². The van der Waals surface area contributed by atoms with E-state index in [4.69, 9.17) is 0 Å². The van der Waals surface area contributed by atoms with Crippen molar-refractivity contribution in [2.75, 3.05) is 6.54 Å². The normalized spacial score (nSPS) is 29.8. The summed E-state index contributed by atoms with van der Waals surface area (Å²) in [5.74, 6) is 1.79. The molecule has 16 heavy (non-hydrogen) atoms. The zero-order valence-electron chi connectivity index (χ0n) is 10.4. The lowest BCUT2D eigenvalue weighted by molar-refractivity contribution is 0.341. The summed E-state index contributed by atoms with van der Waals surface area (Å²) in [6.45, 7) is 5.76. The standard InChI is InChI=1S/C14H23NS/c1-3-15-14-7-6-13(11(14)2)5-4-12-8-9-16-10-12/h8-11,13-15H,3-7H2,1-2H3. The monoisotopic (exact) mass is 237 g/mol. The molecule has 1 heterocycles. The highest BCUT2D eigenvalue weighted by Crippen LogP contribution is 2.35. The van der Waals surface area contributed by atoms with Crippen LogP contribution >= 0.6 is 11.3 Å². The number of hydrogen-bond donors (Lipinski definition) is 1. The molecule has 1 saturated carbocycles. The summed E-state index contributed by atoms with van der Waals surface area (Å²) >= 11 is 1.82. The first-order valence-electron chi connectivity index (χ1n) is 6.55. The molecule has 0 radical (unpaired) electrons. The summed E-state index contributed by atoms with van der Waals surface area (Å²) in [5.41, 5.74) is 1.53. The molecule has 0 aliphatic heterocycles. The molecule has 2 rings (SSSR count). The second-order valence-corrected chi connectivity index (χ2v) is 5.81. The van der Waals surface area contributed by atoms with Crippen LogP contribution in [0, 0.1) is 11.8 Å². The van der Waals surface area contributed by atoms with Gasteiger partial charge in [0.25, 0.3) is 0 Å². The van der Waals surface area contributed by atoms with Gasteiger partial charge in [-0.15, -0.1) is 0 Å². The van der Waals surface area contributed by atoms with Crippen molar-refractivity contribution in [3.05, 3.63) is 22.4 Å². The van der Waals surface area contributed by atoms with E-state index in [-0.39, 0.29) is 0 Å². The van der Waals surface area contributed by atoms with Crippen LogP contribution in [0.25, 0.3) is 0 Å². The predicted molar refractivity (Wildman–Crippen MR) is 72.0 cm³/mol. The Labute approximate surface area is 103 Å². The van der Waals surface area contributed by atoms with Gasteiger partial charge in [0, 0.05) is 6.04 Å². The fourth-order valence-electron chi connectivity index (χ4n) is 2.99. The lowest BCUT2D eigenvalue weighted by Gasteiger charge is -2.21. The lowest BCUT2D eigenvalue weighted by Crippen LogP contribution is -2.32. The largest absolute Gasteiger partial charge is 0.314 e. The van der Waals surface area contributed by atoms with Crippen LogP contribution in [0.4, 0.5) is 0 Å². The predicted octanol–water partition coefficient (Wildman–Crippen LogP) is 3.70. The van der Waals surface area contributed by atoms with Crippen LogP contribution in [0.15, 0.2) is 16.8 Å². The molecule has 1 fully saturated rings. The number of nitrogens with one attached hydrogen (secondary N) is 1. The molecule has 0 spiro atoms. The van der Waals surface area contributed by atoms with Gasteiger partial charge in [0.2, 0.25) is 0 Å². The van der Waals surface area contributed by atoms with Gasteiger partial charge in [-0.2, -0.15) is 11.3 Å². The Morgan fingerprint density at radius 3 is 3.00 bits per heavy atom. The molecule has 1 N–H and O–H groups in total. The van der Waals surface area contributed by atoms with Crippen molar-refractivity contribution in [2.24, 2.45) is 11.8 Å². The fraction of sp³-hybridized carbons (Fsp3) is 0.714. The molecular formula is C14H23NS. The van der Waals surface area contributed by atoms with Crippen LogP contribution in [-0.4, -0.2) is 12.6 Å². The topological polar surface area (TPSA) is 12.0 Å². The quantitative estimate of drug-likeness (QED) is 0.823. The van der Waals surface area contributed by atoms with Gasteiger partial charge in [0.1, 0.15) is 0 Å². The van der Waals surface area contributed by atoms with Crippen molar-refractivity contribution in [2.45, 2.75) is 45.6 Å². The minimum absolute atomic E-state index is 0.775. The van der Waals surface area contributed by atoms with Gasteiger partial charge in [0.15, 0.2) is 0 Å². The van der Waals surface area contributed by atoms with E-state index < -0.39 is 0 Å². The van der Waals surface area contributed by atoms with Crippen molar-refractivity contribution in [1.29, 1.82) is 0 Å². The lowest BCUT2D eigenvalue weighted by atomic mass is 9.90. The summed E-state index contributed by atoms with van der Waals surface area (Å²) in [6.07, 6.45) is 5.45. The van der Waals surface area contributed by atoms with E-state index in [1.54, 1.807) is 0 Å². The SMILES string of the molecule is CCNC1CCC(CCc2ccsc2)C1C. The minimum atomic E-state index is 0.775. The van der Waals surface area contributed by atoms with E-state index in [1.807, 2.05) is 11.3 Å². The highest BCUT2D eigenvalue weighted by Gasteiger charge is 2.31. The third-order valence-corrected chi connectivity index (χ3v) is 4.81. The maximum Gasteiger partial charge on any atom is 0.00953 e. The molecule has 0 amide bonds. The maximum absolute atomic E-state index is 3.62. The van der Waals surface area contributed by atoms with Gasteiger partial charge < -0.3 is 5.32 Å². The van der Waals surface area contributed by atoms with Crippen molar-refractivity contribution in [3.8, 4) is 0 Å². The van der Waals surface area contributed by atoms with Crippen molar-refractivity contribution >= 4 is 11.3 Å². The third-order valence-electron chi connectivity index (χ3n) is 4.08. The second kappa shape index (κ2) is 5.83. The summed E-state index contributed by atoms with van der Waals surface area (Å²) < 4.78 is 0. The van der Waals surface area contributed by atoms with Gasteiger partial charge in [-0.05, 0) is 66.5 Å². The molecule has 1 aliphatic carbocycles. The molecule has 1 aromatic heterocycles. The van der Waals surface area contributed by atoms with Gasteiger partial charge in [-0.25, -0.2) is 0 Å². The Kier molecular flexibility index (Phi) is 4.42. The Morgan fingerprint density at radius 2 is 2.31 bits per heavy atom. The maximum atomic E-state index is 3.62. The Morgan fingerprint density at radius 1 is 1.44 bits per heavy atom. The van der Waals surface area contributed by atoms with Crippen LogP contribution in [0.5, 0.6) is 0 Å². The van der Waals surface area contributed by atoms with Crippen LogP contribution in [0.3, 0.4) is 0 Å². The molecule has 3 unspecified atom stereocenters. The van der Waals surface area contributed by atoms with Gasteiger partial charge in [-0.3, -0.25) is 0 Å². The average Bonchev–Trinajstić information content (AvgIpc) is 2.89. The summed E-state index contributed by atoms with van der Waals surface area (Å²) in [4.78, 5) is 0. The van der Waals surface area contributed by atoms with Gasteiger partial charge in [-0.1, -0.05) is 13.8 Å². The van der Waals surface area contributed by atoms with E-state index in [0.717, 1.165) is 24.4 Å². The molecule has 3 atom stereocenters. The fourth-order valence-corrected chi connectivity index (χ4v) is 3.70. The molecule has 1 aliphatic rings. The van der Waals surface area contributed by atoms with E-state index in [2.05, 4.69) is 36.0 Å². The zero-order valence-corrected chi connectivity index (χ0v) is 11.2. The van der Waals surface area contributed by atoms with E-state index in [9.17, 15) is 0 Å². The first-order chi connectivity index (χ1) is 7.81. The minimum Gasteiger partial charge on any atom is -0.314 e. The van der Waals surface area contributed by atoms with Crippen LogP contribution < -0.4 is 5.32 Å². The molecule has 0 aromatic carbocycles. The first-order valence-corrected chi connectivity index (χ1v) is 7.50. The second-order valence-electron chi connectivity index (χ2n) is 5.03. The smallest absolute Gasteiger partial charge is 0.00953 e. The Bertz CT molecular complexity index is 294. The Hall–Kier alpha value is -0.340. The molecule has 1 nitrogen and oxygen atoms in total. The molecule has 1 aromatic rings. The summed E-state index contributed by atoms with van der Waals surface area (Å²) in [6, 6.07) is 3.05. The van der Waals surface area contributed by atoms with Crippen molar-refractivity contribution < 1.29 is 0 Å². The third kappa shape index (κ3) is 2.86. The zero-order chi connectivity index (χ0) is 11.4. The van der Waals surface area contributed by atoms with Crippen LogP contribution in [0.1, 0.15) is 38.7 Å². The number of aryl methyl sites for hydroxylation is 1. The number of thiophene rings is 1. The summed E-state index contributed by atoms with van der Waals surface area (Å²) in [7, 11) is 0. The van der Waals surface area contributed by atoms with Crippen LogP contribution in [0.2, 0.25) is 0 Å². The number of rotatable bonds is 5. The number of hydrogen-bond acceptors (Lipinski definition) is 2. The molecule has 2 heteroatoms. The first kappa shape index (κ1) is 12.1.